The summed E-state index contributed by atoms with van der Waals surface area (Å²) in [5.41, 5.74) is 0. The molecule has 2 rings (SSSR count). The third kappa shape index (κ3) is 3.86. The minimum Gasteiger partial charge on any atom is -0.490 e. The Morgan fingerprint density at radius 3 is 2.60 bits per heavy atom. The van der Waals surface area contributed by atoms with Gasteiger partial charge in [-0.05, 0) is 12.1 Å². The van der Waals surface area contributed by atoms with E-state index in [-0.39, 0.29) is 16.7 Å². The van der Waals surface area contributed by atoms with Gasteiger partial charge in [0.2, 0.25) is 0 Å². The molecule has 5 nitrogen and oxygen atoms in total. The molecule has 0 unspecified atom stereocenters. The monoisotopic (exact) mass is 299 g/mol. The van der Waals surface area contributed by atoms with Gasteiger partial charge in [-0.1, -0.05) is 13.8 Å². The van der Waals surface area contributed by atoms with E-state index in [2.05, 4.69) is 5.32 Å². The second-order valence-corrected chi connectivity index (χ2v) is 7.20. The van der Waals surface area contributed by atoms with Crippen molar-refractivity contribution in [1.82, 2.24) is 5.32 Å². The normalized spacial score (nSPS) is 15.2. The summed E-state index contributed by atoms with van der Waals surface area (Å²) in [6.07, 6.45) is 0.801. The van der Waals surface area contributed by atoms with Gasteiger partial charge < -0.3 is 14.8 Å². The zero-order valence-electron chi connectivity index (χ0n) is 11.9. The number of hydrogen-bond donors (Lipinski definition) is 1. The lowest BCUT2D eigenvalue weighted by molar-refractivity contribution is 0.297. The van der Waals surface area contributed by atoms with E-state index in [9.17, 15) is 8.42 Å². The highest BCUT2D eigenvalue weighted by Crippen LogP contribution is 2.32. The molecule has 0 amide bonds. The maximum atomic E-state index is 12.2. The molecule has 1 aliphatic heterocycles. The quantitative estimate of drug-likeness (QED) is 0.895. The summed E-state index contributed by atoms with van der Waals surface area (Å²) in [6.45, 7) is 5.55. The van der Waals surface area contributed by atoms with Gasteiger partial charge >= 0.3 is 0 Å². The zero-order valence-corrected chi connectivity index (χ0v) is 12.7. The summed E-state index contributed by atoms with van der Waals surface area (Å²) >= 11 is 0. The highest BCUT2D eigenvalue weighted by Gasteiger charge is 2.18. The molecular weight excluding hydrogens is 278 g/mol. The SMILES string of the molecule is CC(C)NCCS(=O)(=O)c1ccc2c(c1)OCCCO2. The first-order valence-corrected chi connectivity index (χ1v) is 8.50. The van der Waals surface area contributed by atoms with Crippen LogP contribution in [0.4, 0.5) is 0 Å². The Kier molecular flexibility index (Phi) is 4.88. The van der Waals surface area contributed by atoms with Crippen LogP contribution in [0.5, 0.6) is 11.5 Å². The summed E-state index contributed by atoms with van der Waals surface area (Å²) in [5, 5.41) is 3.11. The van der Waals surface area contributed by atoms with Gasteiger partial charge in [-0.3, -0.25) is 0 Å². The van der Waals surface area contributed by atoms with Crippen molar-refractivity contribution >= 4 is 9.84 Å². The number of fused-ring (bicyclic) bond motifs is 1. The van der Waals surface area contributed by atoms with Gasteiger partial charge in [0.05, 0.1) is 23.9 Å². The first-order valence-electron chi connectivity index (χ1n) is 6.85. The van der Waals surface area contributed by atoms with Gasteiger partial charge in [-0.25, -0.2) is 8.42 Å². The van der Waals surface area contributed by atoms with Gasteiger partial charge in [0, 0.05) is 25.1 Å². The highest BCUT2D eigenvalue weighted by atomic mass is 32.2. The van der Waals surface area contributed by atoms with Crippen LogP contribution in [0.1, 0.15) is 20.3 Å². The van der Waals surface area contributed by atoms with Crippen molar-refractivity contribution < 1.29 is 17.9 Å². The molecule has 0 aliphatic carbocycles. The zero-order chi connectivity index (χ0) is 14.6. The predicted octanol–water partition coefficient (Wildman–Crippen LogP) is 1.62. The fourth-order valence-corrected chi connectivity index (χ4v) is 3.12. The number of nitrogens with one attached hydrogen (secondary N) is 1. The highest BCUT2D eigenvalue weighted by molar-refractivity contribution is 7.91. The third-order valence-electron chi connectivity index (χ3n) is 3.00. The lowest BCUT2D eigenvalue weighted by atomic mass is 10.3. The Labute approximate surface area is 120 Å². The van der Waals surface area contributed by atoms with Crippen LogP contribution in [-0.2, 0) is 9.84 Å². The minimum absolute atomic E-state index is 0.0742. The number of ether oxygens (including phenoxy) is 2. The Balaban J connectivity index is 2.13. The Morgan fingerprint density at radius 2 is 1.90 bits per heavy atom. The van der Waals surface area contributed by atoms with Crippen molar-refractivity contribution in [2.75, 3.05) is 25.5 Å². The lowest BCUT2D eigenvalue weighted by Crippen LogP contribution is -2.28. The molecule has 0 atom stereocenters. The molecule has 0 spiro atoms. The molecule has 0 saturated carbocycles. The van der Waals surface area contributed by atoms with Crippen LogP contribution in [0.2, 0.25) is 0 Å². The molecule has 0 bridgehead atoms. The van der Waals surface area contributed by atoms with E-state index in [0.29, 0.717) is 31.3 Å². The molecular formula is C14H21NO4S. The van der Waals surface area contributed by atoms with Gasteiger partial charge in [-0.2, -0.15) is 0 Å². The second-order valence-electron chi connectivity index (χ2n) is 5.09. The Morgan fingerprint density at radius 1 is 1.20 bits per heavy atom. The number of rotatable bonds is 5. The molecule has 0 radical (unpaired) electrons. The van der Waals surface area contributed by atoms with Crippen LogP contribution in [0.25, 0.3) is 0 Å². The van der Waals surface area contributed by atoms with E-state index in [0.717, 1.165) is 6.42 Å². The Hall–Kier alpha value is -1.27. The summed E-state index contributed by atoms with van der Waals surface area (Å²) in [6, 6.07) is 5.08. The van der Waals surface area contributed by atoms with Crippen molar-refractivity contribution in [3.63, 3.8) is 0 Å². The molecule has 1 heterocycles. The maximum absolute atomic E-state index is 12.2. The van der Waals surface area contributed by atoms with E-state index < -0.39 is 9.84 Å². The average Bonchev–Trinajstić information content (AvgIpc) is 2.62. The van der Waals surface area contributed by atoms with E-state index in [4.69, 9.17) is 9.47 Å². The topological polar surface area (TPSA) is 64.6 Å². The van der Waals surface area contributed by atoms with Crippen molar-refractivity contribution in [1.29, 1.82) is 0 Å². The first kappa shape index (κ1) is 15.1. The molecule has 1 aromatic carbocycles. The molecule has 0 fully saturated rings. The van der Waals surface area contributed by atoms with Gasteiger partial charge in [0.15, 0.2) is 21.3 Å². The summed E-state index contributed by atoms with van der Waals surface area (Å²) in [5.74, 6) is 1.20. The summed E-state index contributed by atoms with van der Waals surface area (Å²) < 4.78 is 35.5. The van der Waals surface area contributed by atoms with Gasteiger partial charge in [-0.15, -0.1) is 0 Å². The van der Waals surface area contributed by atoms with E-state index in [1.54, 1.807) is 18.2 Å². The van der Waals surface area contributed by atoms with E-state index in [1.165, 1.54) is 0 Å². The number of benzene rings is 1. The Bertz CT molecular complexity index is 554. The van der Waals surface area contributed by atoms with Crippen LogP contribution in [0, 0.1) is 0 Å². The summed E-state index contributed by atoms with van der Waals surface area (Å²) in [7, 11) is -3.30. The van der Waals surface area contributed by atoms with Crippen LogP contribution >= 0.6 is 0 Å². The van der Waals surface area contributed by atoms with E-state index in [1.807, 2.05) is 13.8 Å². The molecule has 6 heteroatoms. The van der Waals surface area contributed by atoms with Crippen LogP contribution < -0.4 is 14.8 Å². The third-order valence-corrected chi connectivity index (χ3v) is 4.72. The average molecular weight is 299 g/mol. The van der Waals surface area contributed by atoms with Gasteiger partial charge in [0.1, 0.15) is 0 Å². The number of hydrogen-bond acceptors (Lipinski definition) is 5. The van der Waals surface area contributed by atoms with Crippen LogP contribution in [0.3, 0.4) is 0 Å². The van der Waals surface area contributed by atoms with Gasteiger partial charge in [0.25, 0.3) is 0 Å². The molecule has 112 valence electrons. The maximum Gasteiger partial charge on any atom is 0.179 e. The van der Waals surface area contributed by atoms with Crippen molar-refractivity contribution in [3.05, 3.63) is 18.2 Å². The minimum atomic E-state index is -3.30. The van der Waals surface area contributed by atoms with Crippen LogP contribution in [-0.4, -0.2) is 40.0 Å². The van der Waals surface area contributed by atoms with Crippen molar-refractivity contribution in [3.8, 4) is 11.5 Å². The van der Waals surface area contributed by atoms with Crippen LogP contribution in [0.15, 0.2) is 23.1 Å². The molecule has 1 N–H and O–H groups in total. The fraction of sp³-hybridized carbons (Fsp3) is 0.571. The smallest absolute Gasteiger partial charge is 0.179 e. The molecule has 20 heavy (non-hydrogen) atoms. The number of sulfone groups is 1. The largest absolute Gasteiger partial charge is 0.490 e. The second kappa shape index (κ2) is 6.45. The molecule has 0 aromatic heterocycles. The molecule has 1 aliphatic rings. The standard InChI is InChI=1S/C14H21NO4S/c1-11(2)15-6-9-20(16,17)12-4-5-13-14(10-12)19-8-3-7-18-13/h4-5,10-11,15H,3,6-9H2,1-2H3. The summed E-state index contributed by atoms with van der Waals surface area (Å²) in [4.78, 5) is 0.285. The molecule has 0 saturated heterocycles. The predicted molar refractivity (Wildman–Crippen MR) is 77.2 cm³/mol. The van der Waals surface area contributed by atoms with Crippen molar-refractivity contribution in [2.24, 2.45) is 0 Å². The lowest BCUT2D eigenvalue weighted by Gasteiger charge is -2.11. The fourth-order valence-electron chi connectivity index (χ4n) is 1.94. The van der Waals surface area contributed by atoms with Crippen molar-refractivity contribution in [2.45, 2.75) is 31.2 Å². The van der Waals surface area contributed by atoms with E-state index >= 15 is 0 Å². The molecule has 1 aromatic rings. The first-order chi connectivity index (χ1) is 9.49.